The molecule has 1 saturated carbocycles. The summed E-state index contributed by atoms with van der Waals surface area (Å²) >= 11 is 0. The molecule has 7 nitrogen and oxygen atoms in total. The molecule has 3 heterocycles. The lowest BCUT2D eigenvalue weighted by Gasteiger charge is -2.15. The highest BCUT2D eigenvalue weighted by Crippen LogP contribution is 2.40. The number of aryl methyl sites for hydroxylation is 1. The van der Waals surface area contributed by atoms with Crippen LogP contribution in [-0.2, 0) is 13.1 Å². The topological polar surface area (TPSA) is 75.7 Å². The van der Waals surface area contributed by atoms with Gasteiger partial charge in [0.2, 0.25) is 0 Å². The maximum atomic E-state index is 12.3. The first-order chi connectivity index (χ1) is 12.1. The number of rotatable bonds is 5. The molecule has 0 bridgehead atoms. The summed E-state index contributed by atoms with van der Waals surface area (Å²) in [6, 6.07) is 7.74. The molecule has 1 aliphatic rings. The van der Waals surface area contributed by atoms with Crippen LogP contribution in [0.2, 0.25) is 0 Å². The van der Waals surface area contributed by atoms with E-state index in [2.05, 4.69) is 15.5 Å². The molecular weight excluding hydrogens is 318 g/mol. The third-order valence-corrected chi connectivity index (χ3v) is 4.47. The molecule has 4 rings (SSSR count). The van der Waals surface area contributed by atoms with E-state index in [0.29, 0.717) is 19.0 Å². The van der Waals surface area contributed by atoms with Gasteiger partial charge in [-0.1, -0.05) is 11.2 Å². The molecule has 25 heavy (non-hydrogen) atoms. The first-order valence-electron chi connectivity index (χ1n) is 8.48. The highest BCUT2D eigenvalue weighted by Gasteiger charge is 2.28. The highest BCUT2D eigenvalue weighted by atomic mass is 16.5. The van der Waals surface area contributed by atoms with Crippen LogP contribution in [0.25, 0.3) is 5.65 Å². The molecule has 3 aromatic heterocycles. The number of aromatic nitrogens is 3. The van der Waals surface area contributed by atoms with Crippen molar-refractivity contribution in [3.05, 3.63) is 53.3 Å². The van der Waals surface area contributed by atoms with E-state index in [9.17, 15) is 4.79 Å². The van der Waals surface area contributed by atoms with Crippen LogP contribution < -0.4 is 5.32 Å². The number of carbonyl (C=O) groups excluding carboxylic acids is 1. The number of nitrogens with one attached hydrogen (secondary N) is 1. The smallest absolute Gasteiger partial charge is 0.317 e. The van der Waals surface area contributed by atoms with Gasteiger partial charge >= 0.3 is 6.03 Å². The van der Waals surface area contributed by atoms with Gasteiger partial charge in [-0.2, -0.15) is 0 Å². The molecule has 0 atom stereocenters. The van der Waals surface area contributed by atoms with E-state index in [1.54, 1.807) is 11.9 Å². The Morgan fingerprint density at radius 1 is 1.40 bits per heavy atom. The Morgan fingerprint density at radius 2 is 2.24 bits per heavy atom. The minimum absolute atomic E-state index is 0.162. The van der Waals surface area contributed by atoms with E-state index < -0.39 is 0 Å². The van der Waals surface area contributed by atoms with Crippen LogP contribution in [0.4, 0.5) is 4.79 Å². The maximum Gasteiger partial charge on any atom is 0.317 e. The molecule has 130 valence electrons. The Kier molecular flexibility index (Phi) is 3.91. The molecule has 0 radical (unpaired) electrons. The number of nitrogens with zero attached hydrogens (tertiary/aromatic N) is 4. The van der Waals surface area contributed by atoms with Crippen LogP contribution >= 0.6 is 0 Å². The number of carbonyl (C=O) groups is 1. The fourth-order valence-corrected chi connectivity index (χ4v) is 2.86. The summed E-state index contributed by atoms with van der Waals surface area (Å²) in [6.45, 7) is 2.83. The lowest BCUT2D eigenvalue weighted by Crippen LogP contribution is -2.36. The molecule has 0 aromatic carbocycles. The Morgan fingerprint density at radius 3 is 3.00 bits per heavy atom. The zero-order chi connectivity index (χ0) is 17.4. The van der Waals surface area contributed by atoms with Gasteiger partial charge in [-0.15, -0.1) is 0 Å². The molecule has 2 amide bonds. The van der Waals surface area contributed by atoms with Gasteiger partial charge in [-0.05, 0) is 31.9 Å². The van der Waals surface area contributed by atoms with E-state index >= 15 is 0 Å². The van der Waals surface area contributed by atoms with Crippen molar-refractivity contribution < 1.29 is 9.32 Å². The number of fused-ring (bicyclic) bond motifs is 1. The summed E-state index contributed by atoms with van der Waals surface area (Å²) in [6.07, 6.45) is 4.29. The van der Waals surface area contributed by atoms with Gasteiger partial charge in [0.1, 0.15) is 17.1 Å². The van der Waals surface area contributed by atoms with Gasteiger partial charge in [0.25, 0.3) is 0 Å². The quantitative estimate of drug-likeness (QED) is 0.775. The van der Waals surface area contributed by atoms with Crippen molar-refractivity contribution >= 4 is 11.7 Å². The summed E-state index contributed by atoms with van der Waals surface area (Å²) in [5, 5.41) is 6.94. The van der Waals surface area contributed by atoms with Crippen LogP contribution in [0.1, 0.15) is 41.6 Å². The van der Waals surface area contributed by atoms with E-state index in [1.807, 2.05) is 41.8 Å². The number of hydrogen-bond donors (Lipinski definition) is 1. The van der Waals surface area contributed by atoms with Crippen molar-refractivity contribution in [2.75, 3.05) is 7.05 Å². The number of urea groups is 1. The van der Waals surface area contributed by atoms with Crippen LogP contribution in [0.5, 0.6) is 0 Å². The molecular formula is C18H21N5O2. The van der Waals surface area contributed by atoms with Gasteiger partial charge < -0.3 is 19.1 Å². The van der Waals surface area contributed by atoms with Crippen molar-refractivity contribution in [3.8, 4) is 0 Å². The molecule has 0 saturated heterocycles. The molecule has 3 aromatic rings. The SMILES string of the molecule is Cc1cccc2nc(CNC(=O)N(C)Cc3cc(C4CC4)on3)cn12. The summed E-state index contributed by atoms with van der Waals surface area (Å²) in [5.41, 5.74) is 3.60. The van der Waals surface area contributed by atoms with Gasteiger partial charge in [-0.25, -0.2) is 9.78 Å². The van der Waals surface area contributed by atoms with Crippen molar-refractivity contribution in [1.29, 1.82) is 0 Å². The van der Waals surface area contributed by atoms with Gasteiger partial charge in [0.05, 0.1) is 18.8 Å². The lowest BCUT2D eigenvalue weighted by molar-refractivity contribution is 0.205. The van der Waals surface area contributed by atoms with Crippen molar-refractivity contribution in [2.45, 2.75) is 38.8 Å². The van der Waals surface area contributed by atoms with Crippen LogP contribution in [0, 0.1) is 6.92 Å². The second kappa shape index (κ2) is 6.23. The summed E-state index contributed by atoms with van der Waals surface area (Å²) in [5.74, 6) is 1.46. The van der Waals surface area contributed by atoms with Crippen molar-refractivity contribution in [3.63, 3.8) is 0 Å². The zero-order valence-electron chi connectivity index (χ0n) is 14.4. The van der Waals surface area contributed by atoms with E-state index in [-0.39, 0.29) is 6.03 Å². The molecule has 0 aliphatic heterocycles. The Hall–Kier alpha value is -2.83. The molecule has 1 aliphatic carbocycles. The average Bonchev–Trinajstić information content (AvgIpc) is 3.19. The monoisotopic (exact) mass is 339 g/mol. The molecule has 1 fully saturated rings. The van der Waals surface area contributed by atoms with Gasteiger partial charge in [-0.3, -0.25) is 0 Å². The predicted molar refractivity (Wildman–Crippen MR) is 92.1 cm³/mol. The second-order valence-corrected chi connectivity index (χ2v) is 6.64. The number of pyridine rings is 1. The third kappa shape index (κ3) is 3.35. The minimum Gasteiger partial charge on any atom is -0.361 e. The number of hydrogen-bond acceptors (Lipinski definition) is 4. The molecule has 1 N–H and O–H groups in total. The second-order valence-electron chi connectivity index (χ2n) is 6.64. The largest absolute Gasteiger partial charge is 0.361 e. The highest BCUT2D eigenvalue weighted by molar-refractivity contribution is 5.73. The maximum absolute atomic E-state index is 12.3. The Labute approximate surface area is 145 Å². The normalized spacial score (nSPS) is 14.0. The van der Waals surface area contributed by atoms with Gasteiger partial charge in [0.15, 0.2) is 0 Å². The van der Waals surface area contributed by atoms with Gasteiger partial charge in [0, 0.05) is 30.9 Å². The Bertz CT molecular complexity index is 909. The number of amides is 2. The fraction of sp³-hybridized carbons (Fsp3) is 0.389. The fourth-order valence-electron chi connectivity index (χ4n) is 2.86. The van der Waals surface area contributed by atoms with Crippen molar-refractivity contribution in [2.24, 2.45) is 0 Å². The first-order valence-corrected chi connectivity index (χ1v) is 8.48. The molecule has 0 unspecified atom stereocenters. The number of imidazole rings is 1. The third-order valence-electron chi connectivity index (χ3n) is 4.47. The predicted octanol–water partition coefficient (Wildman–Crippen LogP) is 2.85. The van der Waals surface area contributed by atoms with E-state index in [0.717, 1.165) is 28.5 Å². The molecule has 7 heteroatoms. The molecule has 0 spiro atoms. The summed E-state index contributed by atoms with van der Waals surface area (Å²) in [4.78, 5) is 18.4. The summed E-state index contributed by atoms with van der Waals surface area (Å²) < 4.78 is 7.34. The van der Waals surface area contributed by atoms with Crippen molar-refractivity contribution in [1.82, 2.24) is 24.8 Å². The minimum atomic E-state index is -0.162. The van der Waals surface area contributed by atoms with E-state index in [4.69, 9.17) is 4.52 Å². The zero-order valence-corrected chi connectivity index (χ0v) is 14.4. The van der Waals surface area contributed by atoms with Crippen LogP contribution in [-0.4, -0.2) is 32.5 Å². The Balaban J connectivity index is 1.34. The van der Waals surface area contributed by atoms with E-state index in [1.165, 1.54) is 12.8 Å². The summed E-state index contributed by atoms with van der Waals surface area (Å²) in [7, 11) is 1.74. The van der Waals surface area contributed by atoms with Crippen LogP contribution in [0.3, 0.4) is 0 Å². The lowest BCUT2D eigenvalue weighted by atomic mass is 10.3. The van der Waals surface area contributed by atoms with Crippen LogP contribution in [0.15, 0.2) is 35.0 Å². The average molecular weight is 339 g/mol. The first kappa shape index (κ1) is 15.7. The standard InChI is InChI=1S/C18H21N5O2/c1-12-4-3-5-17-20-15(11-23(12)17)9-19-18(24)22(2)10-14-8-16(25-21-14)13-6-7-13/h3-5,8,11,13H,6-7,9-10H2,1-2H3,(H,19,24).